The van der Waals surface area contributed by atoms with Gasteiger partial charge in [0, 0.05) is 25.0 Å². The van der Waals surface area contributed by atoms with Crippen LogP contribution in [0.5, 0.6) is 5.75 Å². The molecule has 0 atom stereocenters. The van der Waals surface area contributed by atoms with E-state index >= 15 is 0 Å². The molecule has 0 bridgehead atoms. The monoisotopic (exact) mass is 262 g/mol. The van der Waals surface area contributed by atoms with Crippen LogP contribution in [0.25, 0.3) is 0 Å². The third-order valence-corrected chi connectivity index (χ3v) is 3.90. The van der Waals surface area contributed by atoms with Crippen molar-refractivity contribution >= 4 is 0 Å². The van der Waals surface area contributed by atoms with E-state index in [0.717, 1.165) is 31.9 Å². The van der Waals surface area contributed by atoms with Crippen LogP contribution in [-0.4, -0.2) is 44.7 Å². The minimum absolute atomic E-state index is 0.152. The molecule has 1 saturated heterocycles. The SMILES string of the molecule is COc1cccc(C(C)(C)CN2CCCNCC2)c1. The van der Waals surface area contributed by atoms with Crippen LogP contribution in [-0.2, 0) is 5.41 Å². The van der Waals surface area contributed by atoms with E-state index in [-0.39, 0.29) is 5.41 Å². The number of benzene rings is 1. The lowest BCUT2D eigenvalue weighted by atomic mass is 9.84. The first-order valence-corrected chi connectivity index (χ1v) is 7.19. The first-order valence-electron chi connectivity index (χ1n) is 7.19. The van der Waals surface area contributed by atoms with Crippen LogP contribution in [0.3, 0.4) is 0 Å². The van der Waals surface area contributed by atoms with Crippen molar-refractivity contribution < 1.29 is 4.74 Å². The maximum absolute atomic E-state index is 5.34. The molecule has 2 rings (SSSR count). The summed E-state index contributed by atoms with van der Waals surface area (Å²) in [4.78, 5) is 2.57. The van der Waals surface area contributed by atoms with E-state index in [1.807, 2.05) is 6.07 Å². The second kappa shape index (κ2) is 6.40. The molecule has 1 aliphatic rings. The first-order chi connectivity index (χ1) is 9.12. The van der Waals surface area contributed by atoms with Gasteiger partial charge in [-0.15, -0.1) is 0 Å². The van der Waals surface area contributed by atoms with Crippen LogP contribution < -0.4 is 10.1 Å². The first kappa shape index (κ1) is 14.4. The highest BCUT2D eigenvalue weighted by Gasteiger charge is 2.24. The Morgan fingerprint density at radius 2 is 2.11 bits per heavy atom. The highest BCUT2D eigenvalue weighted by molar-refractivity contribution is 5.33. The van der Waals surface area contributed by atoms with Gasteiger partial charge in [0.15, 0.2) is 0 Å². The average molecular weight is 262 g/mol. The summed E-state index contributed by atoms with van der Waals surface area (Å²) < 4.78 is 5.34. The minimum atomic E-state index is 0.152. The maximum atomic E-state index is 5.34. The fraction of sp³-hybridized carbons (Fsp3) is 0.625. The highest BCUT2D eigenvalue weighted by Crippen LogP contribution is 2.27. The Morgan fingerprint density at radius 3 is 2.89 bits per heavy atom. The standard InChI is InChI=1S/C16H26N2O/c1-16(2,13-18-10-5-8-17-9-11-18)14-6-4-7-15(12-14)19-3/h4,6-7,12,17H,5,8-11,13H2,1-3H3. The Labute approximate surface area is 116 Å². The zero-order valence-electron chi connectivity index (χ0n) is 12.4. The van der Waals surface area contributed by atoms with E-state index in [1.165, 1.54) is 18.5 Å². The van der Waals surface area contributed by atoms with E-state index in [0.29, 0.717) is 0 Å². The molecular weight excluding hydrogens is 236 g/mol. The van der Waals surface area contributed by atoms with Crippen molar-refractivity contribution in [3.8, 4) is 5.75 Å². The molecule has 0 aliphatic carbocycles. The zero-order valence-corrected chi connectivity index (χ0v) is 12.4. The molecule has 106 valence electrons. The molecule has 0 aromatic heterocycles. The van der Waals surface area contributed by atoms with E-state index < -0.39 is 0 Å². The summed E-state index contributed by atoms with van der Waals surface area (Å²) in [5, 5.41) is 3.46. The Balaban J connectivity index is 2.07. The van der Waals surface area contributed by atoms with Crippen molar-refractivity contribution in [2.75, 3.05) is 39.8 Å². The number of ether oxygens (including phenoxy) is 1. The van der Waals surface area contributed by atoms with Crippen molar-refractivity contribution in [3.63, 3.8) is 0 Å². The lowest BCUT2D eigenvalue weighted by Crippen LogP contribution is -2.38. The topological polar surface area (TPSA) is 24.5 Å². The van der Waals surface area contributed by atoms with Gasteiger partial charge in [0.05, 0.1) is 7.11 Å². The summed E-state index contributed by atoms with van der Waals surface area (Å²) in [6.45, 7) is 10.3. The molecule has 1 fully saturated rings. The number of hydrogen-bond acceptors (Lipinski definition) is 3. The number of methoxy groups -OCH3 is 1. The van der Waals surface area contributed by atoms with Crippen LogP contribution in [0, 0.1) is 0 Å². The smallest absolute Gasteiger partial charge is 0.119 e. The fourth-order valence-corrected chi connectivity index (χ4v) is 2.75. The van der Waals surface area contributed by atoms with Crippen LogP contribution in [0.2, 0.25) is 0 Å². The number of rotatable bonds is 4. The third kappa shape index (κ3) is 3.95. The minimum Gasteiger partial charge on any atom is -0.497 e. The molecule has 0 spiro atoms. The summed E-state index contributed by atoms with van der Waals surface area (Å²) >= 11 is 0. The molecule has 0 saturated carbocycles. The van der Waals surface area contributed by atoms with Gasteiger partial charge in [-0.2, -0.15) is 0 Å². The number of hydrogen-bond donors (Lipinski definition) is 1. The molecule has 1 heterocycles. The molecule has 1 aromatic carbocycles. The third-order valence-electron chi connectivity index (χ3n) is 3.90. The summed E-state index contributed by atoms with van der Waals surface area (Å²) in [5.74, 6) is 0.947. The van der Waals surface area contributed by atoms with Crippen molar-refractivity contribution in [1.29, 1.82) is 0 Å². The van der Waals surface area contributed by atoms with Gasteiger partial charge in [0.1, 0.15) is 5.75 Å². The van der Waals surface area contributed by atoms with E-state index in [4.69, 9.17) is 4.74 Å². The predicted octanol–water partition coefficient (Wildman–Crippen LogP) is 2.27. The van der Waals surface area contributed by atoms with Crippen molar-refractivity contribution in [3.05, 3.63) is 29.8 Å². The van der Waals surface area contributed by atoms with E-state index in [1.54, 1.807) is 7.11 Å². The second-order valence-electron chi connectivity index (χ2n) is 6.00. The van der Waals surface area contributed by atoms with Gasteiger partial charge >= 0.3 is 0 Å². The Hall–Kier alpha value is -1.06. The number of nitrogens with zero attached hydrogens (tertiary/aromatic N) is 1. The Bertz CT molecular complexity index is 395. The van der Waals surface area contributed by atoms with Crippen LogP contribution >= 0.6 is 0 Å². The molecular formula is C16H26N2O. The second-order valence-corrected chi connectivity index (χ2v) is 6.00. The molecule has 3 heteroatoms. The van der Waals surface area contributed by atoms with Gasteiger partial charge in [0.25, 0.3) is 0 Å². The van der Waals surface area contributed by atoms with Crippen LogP contribution in [0.15, 0.2) is 24.3 Å². The average Bonchev–Trinajstić information content (AvgIpc) is 2.67. The summed E-state index contributed by atoms with van der Waals surface area (Å²) in [7, 11) is 1.73. The van der Waals surface area contributed by atoms with E-state index in [2.05, 4.69) is 42.3 Å². The van der Waals surface area contributed by atoms with Gasteiger partial charge in [-0.1, -0.05) is 26.0 Å². The quantitative estimate of drug-likeness (QED) is 0.901. The largest absolute Gasteiger partial charge is 0.497 e. The fourth-order valence-electron chi connectivity index (χ4n) is 2.75. The van der Waals surface area contributed by atoms with Gasteiger partial charge < -0.3 is 15.0 Å². The lowest BCUT2D eigenvalue weighted by Gasteiger charge is -2.32. The summed E-state index contributed by atoms with van der Waals surface area (Å²) in [5.41, 5.74) is 1.50. The van der Waals surface area contributed by atoms with Gasteiger partial charge in [-0.05, 0) is 37.2 Å². The summed E-state index contributed by atoms with van der Waals surface area (Å²) in [6.07, 6.45) is 1.24. The van der Waals surface area contributed by atoms with Crippen molar-refractivity contribution in [1.82, 2.24) is 10.2 Å². The molecule has 1 aromatic rings. The van der Waals surface area contributed by atoms with Gasteiger partial charge in [-0.3, -0.25) is 0 Å². The number of nitrogens with one attached hydrogen (secondary N) is 1. The van der Waals surface area contributed by atoms with Crippen molar-refractivity contribution in [2.45, 2.75) is 25.7 Å². The molecule has 19 heavy (non-hydrogen) atoms. The molecule has 3 nitrogen and oxygen atoms in total. The highest BCUT2D eigenvalue weighted by atomic mass is 16.5. The van der Waals surface area contributed by atoms with E-state index in [9.17, 15) is 0 Å². The van der Waals surface area contributed by atoms with Crippen LogP contribution in [0.1, 0.15) is 25.8 Å². The Morgan fingerprint density at radius 1 is 1.26 bits per heavy atom. The van der Waals surface area contributed by atoms with Crippen LogP contribution in [0.4, 0.5) is 0 Å². The molecule has 1 aliphatic heterocycles. The Kier molecular flexibility index (Phi) is 4.83. The molecule has 0 radical (unpaired) electrons. The molecule has 1 N–H and O–H groups in total. The maximum Gasteiger partial charge on any atom is 0.119 e. The predicted molar refractivity (Wildman–Crippen MR) is 79.9 cm³/mol. The normalized spacial score (nSPS) is 18.1. The zero-order chi connectivity index (χ0) is 13.7. The van der Waals surface area contributed by atoms with Crippen molar-refractivity contribution in [2.24, 2.45) is 0 Å². The van der Waals surface area contributed by atoms with Gasteiger partial charge in [0.2, 0.25) is 0 Å². The molecule has 0 unspecified atom stereocenters. The lowest BCUT2D eigenvalue weighted by molar-refractivity contribution is 0.236. The molecule has 0 amide bonds. The van der Waals surface area contributed by atoms with Gasteiger partial charge in [-0.25, -0.2) is 0 Å². The summed E-state index contributed by atoms with van der Waals surface area (Å²) in [6, 6.07) is 8.46.